The van der Waals surface area contributed by atoms with Gasteiger partial charge in [0.2, 0.25) is 0 Å². The Kier molecular flexibility index (Phi) is 3.82. The minimum atomic E-state index is -0.705. The van der Waals surface area contributed by atoms with E-state index in [9.17, 15) is 9.59 Å². The molecule has 22 heavy (non-hydrogen) atoms. The summed E-state index contributed by atoms with van der Waals surface area (Å²) in [5, 5.41) is 0.332. The summed E-state index contributed by atoms with van der Waals surface area (Å²) in [6.07, 6.45) is 0. The Balaban J connectivity index is 2.42. The maximum absolute atomic E-state index is 12.7. The Morgan fingerprint density at radius 1 is 1.00 bits per heavy atom. The third-order valence-electron chi connectivity index (χ3n) is 3.56. The molecule has 2 aromatic carbocycles. The highest BCUT2D eigenvalue weighted by atomic mass is 79.9. The summed E-state index contributed by atoms with van der Waals surface area (Å²) in [6.45, 7) is 3.90. The fourth-order valence-corrected chi connectivity index (χ4v) is 3.55. The lowest BCUT2D eigenvalue weighted by atomic mass is 10.1. The maximum atomic E-state index is 12.7. The van der Waals surface area contributed by atoms with Gasteiger partial charge in [-0.2, -0.15) is 0 Å². The van der Waals surface area contributed by atoms with Gasteiger partial charge in [-0.15, -0.1) is 0 Å². The molecular formula is C16H11Br2NO3. The van der Waals surface area contributed by atoms with Crippen molar-refractivity contribution >= 4 is 42.8 Å². The quantitative estimate of drug-likeness (QED) is 0.591. The highest BCUT2D eigenvalue weighted by Gasteiger charge is 2.14. The molecule has 0 amide bonds. The van der Waals surface area contributed by atoms with Gasteiger partial charge in [0.1, 0.15) is 0 Å². The molecule has 0 aliphatic rings. The molecule has 0 saturated heterocycles. The Labute approximate surface area is 142 Å². The monoisotopic (exact) mass is 423 g/mol. The molecule has 6 heteroatoms. The van der Waals surface area contributed by atoms with Crippen molar-refractivity contribution in [2.24, 2.45) is 0 Å². The third kappa shape index (κ3) is 2.46. The summed E-state index contributed by atoms with van der Waals surface area (Å²) in [4.78, 5) is 25.0. The van der Waals surface area contributed by atoms with Gasteiger partial charge in [0.05, 0.1) is 15.5 Å². The molecule has 0 atom stereocenters. The Morgan fingerprint density at radius 2 is 1.73 bits per heavy atom. The lowest BCUT2D eigenvalue weighted by Gasteiger charge is -2.08. The first-order valence-electron chi connectivity index (χ1n) is 6.51. The number of halogens is 2. The molecule has 3 aromatic rings. The second-order valence-electron chi connectivity index (χ2n) is 5.04. The Hall–Kier alpha value is -1.66. The predicted octanol–water partition coefficient (Wildman–Crippen LogP) is 4.09. The van der Waals surface area contributed by atoms with Crippen LogP contribution in [-0.2, 0) is 0 Å². The molecule has 0 radical (unpaired) electrons. The molecule has 0 unspecified atom stereocenters. The van der Waals surface area contributed by atoms with Crippen LogP contribution in [0, 0.1) is 13.8 Å². The number of rotatable bonds is 1. The average molecular weight is 425 g/mol. The summed E-state index contributed by atoms with van der Waals surface area (Å²) in [7, 11) is 0. The molecule has 1 aromatic heterocycles. The zero-order valence-electron chi connectivity index (χ0n) is 11.8. The van der Waals surface area contributed by atoms with Gasteiger partial charge in [0.25, 0.3) is 5.56 Å². The van der Waals surface area contributed by atoms with Crippen molar-refractivity contribution in [1.29, 1.82) is 0 Å². The van der Waals surface area contributed by atoms with E-state index in [-0.39, 0.29) is 5.58 Å². The largest absolute Gasteiger partial charge is 0.427 e. The fourth-order valence-electron chi connectivity index (χ4n) is 2.25. The van der Waals surface area contributed by atoms with Crippen molar-refractivity contribution in [1.82, 2.24) is 4.57 Å². The number of aromatic nitrogens is 1. The number of benzene rings is 2. The van der Waals surface area contributed by atoms with Crippen LogP contribution in [0.1, 0.15) is 11.1 Å². The molecule has 0 spiro atoms. The first-order valence-corrected chi connectivity index (χ1v) is 8.09. The van der Waals surface area contributed by atoms with Gasteiger partial charge in [0.15, 0.2) is 5.58 Å². The lowest BCUT2D eigenvalue weighted by molar-refractivity contribution is 0.502. The van der Waals surface area contributed by atoms with Crippen molar-refractivity contribution in [2.75, 3.05) is 0 Å². The van der Waals surface area contributed by atoms with E-state index in [0.29, 0.717) is 15.5 Å². The molecule has 0 saturated carbocycles. The minimum absolute atomic E-state index is 0.248. The smallest absolute Gasteiger partial charge is 0.408 e. The molecule has 0 aliphatic carbocycles. The second kappa shape index (κ2) is 5.52. The number of aryl methyl sites for hydroxylation is 2. The van der Waals surface area contributed by atoms with E-state index in [0.717, 1.165) is 20.2 Å². The zero-order chi connectivity index (χ0) is 16.0. The highest BCUT2D eigenvalue weighted by Crippen LogP contribution is 2.26. The molecule has 0 aliphatic heterocycles. The molecule has 0 bridgehead atoms. The topological polar surface area (TPSA) is 52.2 Å². The van der Waals surface area contributed by atoms with Crippen LogP contribution >= 0.6 is 31.9 Å². The number of fused-ring (bicyclic) bond motifs is 1. The molecule has 4 nitrogen and oxygen atoms in total. The van der Waals surface area contributed by atoms with E-state index < -0.39 is 11.3 Å². The molecular weight excluding hydrogens is 414 g/mol. The van der Waals surface area contributed by atoms with E-state index in [1.54, 1.807) is 24.3 Å². The van der Waals surface area contributed by atoms with Gasteiger partial charge >= 0.3 is 5.76 Å². The summed E-state index contributed by atoms with van der Waals surface area (Å²) >= 11 is 6.65. The van der Waals surface area contributed by atoms with Crippen LogP contribution in [0.2, 0.25) is 0 Å². The van der Waals surface area contributed by atoms with Crippen molar-refractivity contribution in [3.05, 3.63) is 71.3 Å². The van der Waals surface area contributed by atoms with E-state index in [1.807, 2.05) is 19.9 Å². The van der Waals surface area contributed by atoms with E-state index >= 15 is 0 Å². The Bertz CT molecular complexity index is 1020. The van der Waals surface area contributed by atoms with E-state index in [1.165, 1.54) is 0 Å². The lowest BCUT2D eigenvalue weighted by Crippen LogP contribution is -2.31. The van der Waals surface area contributed by atoms with Crippen LogP contribution in [0.15, 0.2) is 53.3 Å². The van der Waals surface area contributed by atoms with Gasteiger partial charge in [-0.05, 0) is 65.2 Å². The summed E-state index contributed by atoms with van der Waals surface area (Å²) in [6, 6.07) is 8.78. The van der Waals surface area contributed by atoms with E-state index in [2.05, 4.69) is 31.9 Å². The fraction of sp³-hybridized carbons (Fsp3) is 0.125. The molecule has 1 heterocycles. The molecule has 0 fully saturated rings. The van der Waals surface area contributed by atoms with Crippen LogP contribution in [0.5, 0.6) is 0 Å². The Morgan fingerprint density at radius 3 is 2.41 bits per heavy atom. The van der Waals surface area contributed by atoms with Crippen molar-refractivity contribution in [3.8, 4) is 5.69 Å². The normalized spacial score (nSPS) is 11.1. The van der Waals surface area contributed by atoms with Crippen molar-refractivity contribution < 1.29 is 4.42 Å². The SMILES string of the molecule is Cc1ccc(-n2c(=O)oc3c(Br)cc(Br)cc3c2=O)cc1C. The summed E-state index contributed by atoms with van der Waals surface area (Å²) in [5.74, 6) is -0.705. The number of nitrogens with zero attached hydrogens (tertiary/aromatic N) is 1. The van der Waals surface area contributed by atoms with Gasteiger partial charge in [-0.3, -0.25) is 4.79 Å². The second-order valence-corrected chi connectivity index (χ2v) is 6.81. The predicted molar refractivity (Wildman–Crippen MR) is 93.0 cm³/mol. The minimum Gasteiger partial charge on any atom is -0.408 e. The molecule has 3 rings (SSSR count). The van der Waals surface area contributed by atoms with Gasteiger partial charge < -0.3 is 4.42 Å². The summed E-state index contributed by atoms with van der Waals surface area (Å²) < 4.78 is 7.65. The van der Waals surface area contributed by atoms with Crippen LogP contribution in [0.4, 0.5) is 0 Å². The summed E-state index contributed by atoms with van der Waals surface area (Å²) in [5.41, 5.74) is 2.43. The van der Waals surface area contributed by atoms with Crippen molar-refractivity contribution in [3.63, 3.8) is 0 Å². The number of hydrogen-bond donors (Lipinski definition) is 0. The maximum Gasteiger partial charge on any atom is 0.427 e. The van der Waals surface area contributed by atoms with Crippen molar-refractivity contribution in [2.45, 2.75) is 13.8 Å². The van der Waals surface area contributed by atoms with Gasteiger partial charge in [-0.25, -0.2) is 9.36 Å². The van der Waals surface area contributed by atoms with Gasteiger partial charge in [-0.1, -0.05) is 22.0 Å². The van der Waals surface area contributed by atoms with E-state index in [4.69, 9.17) is 4.42 Å². The van der Waals surface area contributed by atoms with Crippen LogP contribution < -0.4 is 11.3 Å². The van der Waals surface area contributed by atoms with Gasteiger partial charge in [0, 0.05) is 4.47 Å². The first kappa shape index (κ1) is 15.2. The zero-order valence-corrected chi connectivity index (χ0v) is 15.0. The average Bonchev–Trinajstić information content (AvgIpc) is 2.44. The van der Waals surface area contributed by atoms with Crippen LogP contribution in [0.3, 0.4) is 0 Å². The molecule has 112 valence electrons. The highest BCUT2D eigenvalue weighted by molar-refractivity contribution is 9.11. The van der Waals surface area contributed by atoms with Crippen LogP contribution in [0.25, 0.3) is 16.7 Å². The van der Waals surface area contributed by atoms with Crippen LogP contribution in [-0.4, -0.2) is 4.57 Å². The standard InChI is InChI=1S/C16H11Br2NO3/c1-8-3-4-11(5-9(8)2)19-15(20)12-6-10(17)7-13(18)14(12)22-16(19)21/h3-7H,1-2H3. The number of hydrogen-bond acceptors (Lipinski definition) is 3. The first-order chi connectivity index (χ1) is 10.4. The molecule has 0 N–H and O–H groups in total. The third-order valence-corrected chi connectivity index (χ3v) is 4.61.